The normalized spacial score (nSPS) is 15.0. The van der Waals surface area contributed by atoms with Gasteiger partial charge in [-0.1, -0.05) is 36.4 Å². The molecule has 9 nitrogen and oxygen atoms in total. The number of sulfonamides is 1. The number of piperidine rings is 1. The Kier molecular flexibility index (Phi) is 7.56. The number of nitrogens with zero attached hydrogens (tertiary/aromatic N) is 3. The van der Waals surface area contributed by atoms with Crippen molar-refractivity contribution in [2.75, 3.05) is 25.5 Å². The number of esters is 1. The summed E-state index contributed by atoms with van der Waals surface area (Å²) < 4.78 is 33.8. The predicted octanol–water partition coefficient (Wildman–Crippen LogP) is 3.37. The molecule has 0 radical (unpaired) electrons. The van der Waals surface area contributed by atoms with E-state index in [0.29, 0.717) is 36.3 Å². The number of aryl methyl sites for hydroxylation is 1. The van der Waals surface area contributed by atoms with E-state index in [1.165, 1.54) is 11.4 Å². The van der Waals surface area contributed by atoms with Crippen molar-refractivity contribution in [3.8, 4) is 0 Å². The quantitative estimate of drug-likeness (QED) is 0.488. The Bertz CT molecular complexity index is 1360. The van der Waals surface area contributed by atoms with Crippen molar-refractivity contribution in [3.05, 3.63) is 77.1 Å². The summed E-state index contributed by atoms with van der Waals surface area (Å²) in [6, 6.07) is 15.5. The molecule has 0 spiro atoms. The summed E-state index contributed by atoms with van der Waals surface area (Å²) in [6.45, 7) is 4.61. The number of methoxy groups -OCH3 is 1. The summed E-state index contributed by atoms with van der Waals surface area (Å²) >= 11 is 0. The molecule has 0 unspecified atom stereocenters. The van der Waals surface area contributed by atoms with Crippen molar-refractivity contribution in [1.29, 1.82) is 0 Å². The van der Waals surface area contributed by atoms with Gasteiger partial charge in [0.15, 0.2) is 0 Å². The van der Waals surface area contributed by atoms with E-state index in [0.717, 1.165) is 11.3 Å². The first kappa shape index (κ1) is 25.6. The van der Waals surface area contributed by atoms with Crippen LogP contribution in [0.25, 0.3) is 0 Å². The first-order valence-corrected chi connectivity index (χ1v) is 13.2. The lowest BCUT2D eigenvalue weighted by Crippen LogP contribution is -2.41. The van der Waals surface area contributed by atoms with Gasteiger partial charge in [0.05, 0.1) is 41.2 Å². The number of carbonyl (C=O) groups excluding carboxylic acids is 2. The van der Waals surface area contributed by atoms with Crippen LogP contribution in [0.3, 0.4) is 0 Å². The first-order chi connectivity index (χ1) is 17.2. The second-order valence-corrected chi connectivity index (χ2v) is 10.8. The van der Waals surface area contributed by atoms with Gasteiger partial charge in [0.2, 0.25) is 15.9 Å². The summed E-state index contributed by atoms with van der Waals surface area (Å²) in [6.07, 6.45) is 0.882. The Balaban J connectivity index is 1.43. The third-order valence-electron chi connectivity index (χ3n) is 6.58. The molecule has 3 aromatic rings. The molecule has 4 rings (SSSR count). The summed E-state index contributed by atoms with van der Waals surface area (Å²) in [7, 11) is -2.22. The monoisotopic (exact) mass is 510 g/mol. The minimum atomic E-state index is -3.57. The Morgan fingerprint density at radius 3 is 2.33 bits per heavy atom. The van der Waals surface area contributed by atoms with Crippen LogP contribution in [0.15, 0.2) is 59.5 Å². The van der Waals surface area contributed by atoms with E-state index < -0.39 is 16.0 Å². The number of nitrogens with one attached hydrogen (secondary N) is 1. The predicted molar refractivity (Wildman–Crippen MR) is 135 cm³/mol. The summed E-state index contributed by atoms with van der Waals surface area (Å²) in [4.78, 5) is 25.5. The van der Waals surface area contributed by atoms with Gasteiger partial charge in [-0.3, -0.25) is 9.48 Å². The molecule has 1 N–H and O–H groups in total. The number of benzene rings is 2. The number of aromatic nitrogens is 2. The van der Waals surface area contributed by atoms with Crippen molar-refractivity contribution in [3.63, 3.8) is 0 Å². The van der Waals surface area contributed by atoms with E-state index >= 15 is 0 Å². The van der Waals surface area contributed by atoms with Gasteiger partial charge in [-0.2, -0.15) is 9.40 Å². The Morgan fingerprint density at radius 1 is 1.03 bits per heavy atom. The zero-order chi connectivity index (χ0) is 25.9. The molecule has 36 heavy (non-hydrogen) atoms. The van der Waals surface area contributed by atoms with Crippen LogP contribution in [0.1, 0.15) is 40.2 Å². The third-order valence-corrected chi connectivity index (χ3v) is 8.49. The van der Waals surface area contributed by atoms with Crippen LogP contribution in [0.4, 0.5) is 5.69 Å². The molecule has 1 aromatic heterocycles. The second-order valence-electron chi connectivity index (χ2n) is 8.83. The van der Waals surface area contributed by atoms with Gasteiger partial charge in [-0.25, -0.2) is 13.2 Å². The topological polar surface area (TPSA) is 111 Å². The highest BCUT2D eigenvalue weighted by molar-refractivity contribution is 7.89. The van der Waals surface area contributed by atoms with Crippen molar-refractivity contribution >= 4 is 27.6 Å². The number of hydrogen-bond acceptors (Lipinski definition) is 6. The van der Waals surface area contributed by atoms with Gasteiger partial charge in [0.25, 0.3) is 0 Å². The fourth-order valence-corrected chi connectivity index (χ4v) is 5.98. The summed E-state index contributed by atoms with van der Waals surface area (Å²) in [5.74, 6) is -0.858. The van der Waals surface area contributed by atoms with Gasteiger partial charge in [0, 0.05) is 19.0 Å². The van der Waals surface area contributed by atoms with Gasteiger partial charge in [0.1, 0.15) is 0 Å². The van der Waals surface area contributed by atoms with Crippen molar-refractivity contribution in [2.45, 2.75) is 38.1 Å². The smallest absolute Gasteiger partial charge is 0.338 e. The first-order valence-electron chi connectivity index (χ1n) is 11.8. The standard InChI is InChI=1S/C26H30N4O5S/c1-18-24(19(2)30(28-18)17-21-9-7-8-12-23(21)26(32)35-3)27-25(31)20-13-15-29(16-14-20)36(33,34)22-10-5-4-6-11-22/h4-12,20H,13-17H2,1-3H3,(H,27,31). The fourth-order valence-electron chi connectivity index (χ4n) is 4.49. The minimum absolute atomic E-state index is 0.146. The number of amides is 1. The average Bonchev–Trinajstić information content (AvgIpc) is 3.16. The highest BCUT2D eigenvalue weighted by Crippen LogP contribution is 2.27. The maximum atomic E-state index is 13.1. The average molecular weight is 511 g/mol. The van der Waals surface area contributed by atoms with Crippen LogP contribution >= 0.6 is 0 Å². The Morgan fingerprint density at radius 2 is 1.67 bits per heavy atom. The maximum absolute atomic E-state index is 13.1. The van der Waals surface area contributed by atoms with Crippen LogP contribution in [-0.4, -0.2) is 54.6 Å². The minimum Gasteiger partial charge on any atom is -0.465 e. The van der Waals surface area contributed by atoms with Gasteiger partial charge >= 0.3 is 5.97 Å². The van der Waals surface area contributed by atoms with Gasteiger partial charge < -0.3 is 10.1 Å². The molecule has 0 atom stereocenters. The highest BCUT2D eigenvalue weighted by Gasteiger charge is 2.32. The maximum Gasteiger partial charge on any atom is 0.338 e. The van der Waals surface area contributed by atoms with Gasteiger partial charge in [-0.15, -0.1) is 0 Å². The van der Waals surface area contributed by atoms with Crippen molar-refractivity contribution < 1.29 is 22.7 Å². The molecule has 1 saturated heterocycles. The molecule has 1 fully saturated rings. The molecule has 0 saturated carbocycles. The molecule has 10 heteroatoms. The molecule has 0 aliphatic carbocycles. The number of rotatable bonds is 7. The van der Waals surface area contributed by atoms with Crippen LogP contribution in [0.5, 0.6) is 0 Å². The molecule has 1 aliphatic heterocycles. The van der Waals surface area contributed by atoms with Crippen molar-refractivity contribution in [1.82, 2.24) is 14.1 Å². The van der Waals surface area contributed by atoms with E-state index in [-0.39, 0.29) is 29.8 Å². The number of anilines is 1. The van der Waals surface area contributed by atoms with E-state index in [1.54, 1.807) is 47.1 Å². The molecule has 1 amide bonds. The largest absolute Gasteiger partial charge is 0.465 e. The highest BCUT2D eigenvalue weighted by atomic mass is 32.2. The molecular formula is C26H30N4O5S. The fraction of sp³-hybridized carbons (Fsp3) is 0.346. The van der Waals surface area contributed by atoms with E-state index in [4.69, 9.17) is 4.74 Å². The molecule has 0 bridgehead atoms. The molecule has 2 heterocycles. The van der Waals surface area contributed by atoms with Crippen LogP contribution in [0, 0.1) is 19.8 Å². The van der Waals surface area contributed by atoms with Crippen LogP contribution in [0.2, 0.25) is 0 Å². The Labute approximate surface area is 211 Å². The third kappa shape index (κ3) is 5.19. The molecule has 2 aromatic carbocycles. The number of ether oxygens (including phenoxy) is 1. The summed E-state index contributed by atoms with van der Waals surface area (Å²) in [5.41, 5.74) is 3.30. The van der Waals surface area contributed by atoms with Gasteiger partial charge in [-0.05, 0) is 50.5 Å². The Hall–Kier alpha value is -3.50. The summed E-state index contributed by atoms with van der Waals surface area (Å²) in [5, 5.41) is 7.58. The second kappa shape index (κ2) is 10.6. The lowest BCUT2D eigenvalue weighted by molar-refractivity contribution is -0.120. The molecular weight excluding hydrogens is 480 g/mol. The van der Waals surface area contributed by atoms with E-state index in [1.807, 2.05) is 26.0 Å². The van der Waals surface area contributed by atoms with Crippen molar-refractivity contribution in [2.24, 2.45) is 5.92 Å². The van der Waals surface area contributed by atoms with Crippen LogP contribution < -0.4 is 5.32 Å². The number of hydrogen-bond donors (Lipinski definition) is 1. The lowest BCUT2D eigenvalue weighted by atomic mass is 9.97. The lowest BCUT2D eigenvalue weighted by Gasteiger charge is -2.30. The SMILES string of the molecule is COC(=O)c1ccccc1Cn1nc(C)c(NC(=O)C2CCN(S(=O)(=O)c3ccccc3)CC2)c1C. The number of carbonyl (C=O) groups is 2. The van der Waals surface area contributed by atoms with E-state index in [2.05, 4.69) is 10.4 Å². The molecule has 190 valence electrons. The zero-order valence-electron chi connectivity index (χ0n) is 20.6. The zero-order valence-corrected chi connectivity index (χ0v) is 21.4. The van der Waals surface area contributed by atoms with E-state index in [9.17, 15) is 18.0 Å². The molecule has 1 aliphatic rings. The van der Waals surface area contributed by atoms with Crippen LogP contribution in [-0.2, 0) is 26.1 Å².